The van der Waals surface area contributed by atoms with E-state index in [2.05, 4.69) is 21.1 Å². The number of ether oxygens (including phenoxy) is 1. The fourth-order valence-corrected chi connectivity index (χ4v) is 1.83. The summed E-state index contributed by atoms with van der Waals surface area (Å²) in [5, 5.41) is 0. The fraction of sp³-hybridized carbons (Fsp3) is 0.364. The Balaban J connectivity index is 1.95. The molecule has 0 amide bonds. The molecule has 0 bridgehead atoms. The highest BCUT2D eigenvalue weighted by Gasteiger charge is 2.12. The predicted molar refractivity (Wildman–Crippen MR) is 58.0 cm³/mol. The highest BCUT2D eigenvalue weighted by molar-refractivity contribution is 5.76. The van der Waals surface area contributed by atoms with Crippen LogP contribution in [-0.4, -0.2) is 36.3 Å². The molecule has 1 radical (unpaired) electrons. The van der Waals surface area contributed by atoms with Gasteiger partial charge in [-0.3, -0.25) is 0 Å². The van der Waals surface area contributed by atoms with Gasteiger partial charge in [0.25, 0.3) is 0 Å². The summed E-state index contributed by atoms with van der Waals surface area (Å²) in [5.74, 6) is 1.03. The molecule has 0 spiro atoms. The highest BCUT2D eigenvalue weighted by atomic mass is 16.5. The van der Waals surface area contributed by atoms with Crippen LogP contribution in [0.5, 0.6) is 0 Å². The number of nitrogens with one attached hydrogen (secondary N) is 1. The monoisotopic (exact) mass is 202 g/mol. The molecule has 4 nitrogen and oxygen atoms in total. The van der Waals surface area contributed by atoms with Crippen LogP contribution in [0.3, 0.4) is 0 Å². The largest absolute Gasteiger partial charge is 0.378 e. The van der Waals surface area contributed by atoms with Gasteiger partial charge in [-0.05, 0) is 18.2 Å². The molecule has 0 aliphatic carbocycles. The van der Waals surface area contributed by atoms with E-state index in [1.54, 1.807) is 0 Å². The Bertz CT molecular complexity index is 460. The minimum absolute atomic E-state index is 0.791. The second kappa shape index (κ2) is 3.55. The lowest BCUT2D eigenvalue weighted by atomic mass is 10.3. The number of rotatable bonds is 1. The molecule has 0 unspecified atom stereocenters. The molecule has 1 fully saturated rings. The average molecular weight is 202 g/mol. The Kier molecular flexibility index (Phi) is 2.07. The summed E-state index contributed by atoms with van der Waals surface area (Å²) < 4.78 is 5.31. The number of fused-ring (bicyclic) bond motifs is 1. The third kappa shape index (κ3) is 1.57. The number of nitrogens with zero attached hydrogens (tertiary/aromatic N) is 2. The van der Waals surface area contributed by atoms with E-state index < -0.39 is 0 Å². The van der Waals surface area contributed by atoms with Crippen molar-refractivity contribution in [3.05, 3.63) is 24.4 Å². The number of hydrogen-bond donors (Lipinski definition) is 1. The Morgan fingerprint density at radius 3 is 3.07 bits per heavy atom. The van der Waals surface area contributed by atoms with Crippen LogP contribution in [0, 0.1) is 6.20 Å². The van der Waals surface area contributed by atoms with Gasteiger partial charge in [-0.25, -0.2) is 4.98 Å². The second-order valence-corrected chi connectivity index (χ2v) is 3.62. The Labute approximate surface area is 87.9 Å². The molecular weight excluding hydrogens is 190 g/mol. The summed E-state index contributed by atoms with van der Waals surface area (Å²) in [6, 6.07) is 5.96. The zero-order valence-electron chi connectivity index (χ0n) is 8.36. The maximum Gasteiger partial charge on any atom is 0.129 e. The van der Waals surface area contributed by atoms with E-state index in [4.69, 9.17) is 4.74 Å². The van der Waals surface area contributed by atoms with Crippen LogP contribution in [0.15, 0.2) is 18.2 Å². The quantitative estimate of drug-likeness (QED) is 0.755. The Morgan fingerprint density at radius 2 is 2.20 bits per heavy atom. The van der Waals surface area contributed by atoms with Gasteiger partial charge >= 0.3 is 0 Å². The second-order valence-electron chi connectivity index (χ2n) is 3.62. The van der Waals surface area contributed by atoms with E-state index in [1.165, 1.54) is 0 Å². The number of pyridine rings is 1. The number of H-pyrrole nitrogens is 1. The molecule has 1 saturated heterocycles. The first-order valence-corrected chi connectivity index (χ1v) is 5.12. The third-order valence-corrected chi connectivity index (χ3v) is 2.66. The summed E-state index contributed by atoms with van der Waals surface area (Å²) >= 11 is 0. The van der Waals surface area contributed by atoms with Gasteiger partial charge in [0.1, 0.15) is 5.82 Å². The molecule has 1 N–H and O–H groups in total. The van der Waals surface area contributed by atoms with E-state index in [0.717, 1.165) is 43.2 Å². The van der Waals surface area contributed by atoms with Gasteiger partial charge in [0.15, 0.2) is 0 Å². The summed E-state index contributed by atoms with van der Waals surface area (Å²) in [6.07, 6.45) is 2.94. The number of aromatic nitrogens is 2. The lowest BCUT2D eigenvalue weighted by Crippen LogP contribution is -2.36. The molecule has 4 heteroatoms. The first-order chi connectivity index (χ1) is 7.43. The van der Waals surface area contributed by atoms with Crippen LogP contribution in [0.2, 0.25) is 0 Å². The van der Waals surface area contributed by atoms with Gasteiger partial charge in [-0.1, -0.05) is 0 Å². The van der Waals surface area contributed by atoms with Crippen molar-refractivity contribution in [3.8, 4) is 0 Å². The summed E-state index contributed by atoms with van der Waals surface area (Å²) in [7, 11) is 0. The van der Waals surface area contributed by atoms with Crippen LogP contribution in [0.1, 0.15) is 0 Å². The zero-order valence-corrected chi connectivity index (χ0v) is 8.36. The molecule has 77 valence electrons. The fourth-order valence-electron chi connectivity index (χ4n) is 1.83. The van der Waals surface area contributed by atoms with Crippen molar-refractivity contribution < 1.29 is 4.74 Å². The van der Waals surface area contributed by atoms with E-state index in [1.807, 2.05) is 18.2 Å². The highest BCUT2D eigenvalue weighted by Crippen LogP contribution is 2.17. The van der Waals surface area contributed by atoms with Crippen molar-refractivity contribution in [1.82, 2.24) is 9.97 Å². The molecule has 1 aliphatic heterocycles. The molecule has 3 rings (SSSR count). The topological polar surface area (TPSA) is 41.2 Å². The van der Waals surface area contributed by atoms with Crippen molar-refractivity contribution in [3.63, 3.8) is 0 Å². The van der Waals surface area contributed by atoms with Gasteiger partial charge < -0.3 is 14.6 Å². The van der Waals surface area contributed by atoms with Gasteiger partial charge in [-0.2, -0.15) is 0 Å². The summed E-state index contributed by atoms with van der Waals surface area (Å²) in [4.78, 5) is 9.83. The number of hydrogen-bond acceptors (Lipinski definition) is 3. The van der Waals surface area contributed by atoms with Gasteiger partial charge in [-0.15, -0.1) is 0 Å². The third-order valence-electron chi connectivity index (χ3n) is 2.66. The molecule has 15 heavy (non-hydrogen) atoms. The first kappa shape index (κ1) is 8.73. The number of anilines is 1. The van der Waals surface area contributed by atoms with Crippen molar-refractivity contribution in [1.29, 1.82) is 0 Å². The Hall–Kier alpha value is -1.55. The standard InChI is InChI=1S/C11H12N3O/c1-2-11(14-5-7-15-8-6-14)13-10-3-4-12-9(1)10/h1-3,12H,5-8H2. The predicted octanol–water partition coefficient (Wildman–Crippen LogP) is 1.20. The maximum atomic E-state index is 5.31. The van der Waals surface area contributed by atoms with E-state index in [9.17, 15) is 0 Å². The van der Waals surface area contributed by atoms with Crippen LogP contribution in [0.25, 0.3) is 11.0 Å². The molecule has 0 atom stereocenters. The SMILES string of the molecule is [c]1cc2nc(N3CCOCC3)ccc2[nH]1. The number of aromatic amines is 1. The first-order valence-electron chi connectivity index (χ1n) is 5.12. The normalized spacial score (nSPS) is 17.2. The summed E-state index contributed by atoms with van der Waals surface area (Å²) in [6.45, 7) is 3.43. The molecule has 2 aromatic heterocycles. The van der Waals surface area contributed by atoms with Crippen LogP contribution in [-0.2, 0) is 4.74 Å². The molecule has 0 saturated carbocycles. The van der Waals surface area contributed by atoms with E-state index >= 15 is 0 Å². The molecule has 1 aliphatic rings. The zero-order chi connectivity index (χ0) is 10.1. The smallest absolute Gasteiger partial charge is 0.129 e. The average Bonchev–Trinajstić information content (AvgIpc) is 2.77. The minimum atomic E-state index is 0.791. The molecule has 3 heterocycles. The molecule has 0 aromatic carbocycles. The lowest BCUT2D eigenvalue weighted by molar-refractivity contribution is 0.122. The van der Waals surface area contributed by atoms with Gasteiger partial charge in [0.05, 0.1) is 30.4 Å². The van der Waals surface area contributed by atoms with Crippen molar-refractivity contribution in [2.45, 2.75) is 0 Å². The van der Waals surface area contributed by atoms with E-state index in [0.29, 0.717) is 0 Å². The molecule has 2 aromatic rings. The maximum absolute atomic E-state index is 5.31. The number of morpholine rings is 1. The van der Waals surface area contributed by atoms with Gasteiger partial charge in [0, 0.05) is 13.1 Å². The van der Waals surface area contributed by atoms with Gasteiger partial charge in [0.2, 0.25) is 0 Å². The van der Waals surface area contributed by atoms with Crippen LogP contribution >= 0.6 is 0 Å². The minimum Gasteiger partial charge on any atom is -0.378 e. The Morgan fingerprint density at radius 1 is 1.33 bits per heavy atom. The van der Waals surface area contributed by atoms with Crippen molar-refractivity contribution in [2.24, 2.45) is 0 Å². The lowest BCUT2D eigenvalue weighted by Gasteiger charge is -2.27. The van der Waals surface area contributed by atoms with Crippen molar-refractivity contribution >= 4 is 16.9 Å². The molecular formula is C11H12N3O. The summed E-state index contributed by atoms with van der Waals surface area (Å²) in [5.41, 5.74) is 2.01. The van der Waals surface area contributed by atoms with E-state index in [-0.39, 0.29) is 0 Å². The van der Waals surface area contributed by atoms with Crippen molar-refractivity contribution in [2.75, 3.05) is 31.2 Å². The van der Waals surface area contributed by atoms with Crippen LogP contribution in [0.4, 0.5) is 5.82 Å². The van der Waals surface area contributed by atoms with Crippen LogP contribution < -0.4 is 4.90 Å².